The molecular formula is C20H21ClN2O3. The van der Waals surface area contributed by atoms with Gasteiger partial charge in [0.2, 0.25) is 5.91 Å². The van der Waals surface area contributed by atoms with Crippen molar-refractivity contribution in [3.8, 4) is 0 Å². The molecule has 5 nitrogen and oxygen atoms in total. The third-order valence-corrected chi connectivity index (χ3v) is 4.76. The zero-order chi connectivity index (χ0) is 18.5. The smallest absolute Gasteiger partial charge is 0.251 e. The van der Waals surface area contributed by atoms with Crippen LogP contribution in [0, 0.1) is 0 Å². The number of morpholine rings is 1. The average Bonchev–Trinajstić information content (AvgIpc) is 2.65. The van der Waals surface area contributed by atoms with Crippen LogP contribution in [0.3, 0.4) is 0 Å². The van der Waals surface area contributed by atoms with Crippen molar-refractivity contribution in [2.75, 3.05) is 20.2 Å². The normalized spacial score (nSPS) is 20.1. The molecule has 2 atom stereocenters. The molecule has 1 saturated heterocycles. The van der Waals surface area contributed by atoms with Gasteiger partial charge in [0.1, 0.15) is 6.61 Å². The number of nitrogens with zero attached hydrogens (tertiary/aromatic N) is 1. The summed E-state index contributed by atoms with van der Waals surface area (Å²) in [5.74, 6) is -0.376. The Balaban J connectivity index is 1.69. The zero-order valence-electron chi connectivity index (χ0n) is 14.5. The summed E-state index contributed by atoms with van der Waals surface area (Å²) in [4.78, 5) is 26.3. The fourth-order valence-corrected chi connectivity index (χ4v) is 3.19. The molecule has 2 aromatic rings. The average molecular weight is 373 g/mol. The highest BCUT2D eigenvalue weighted by Crippen LogP contribution is 2.30. The van der Waals surface area contributed by atoms with Crippen molar-refractivity contribution in [2.45, 2.75) is 18.6 Å². The summed E-state index contributed by atoms with van der Waals surface area (Å²) in [6, 6.07) is 16.6. The van der Waals surface area contributed by atoms with Crippen molar-refractivity contribution in [2.24, 2.45) is 0 Å². The maximum atomic E-state index is 12.7. The van der Waals surface area contributed by atoms with Gasteiger partial charge < -0.3 is 15.0 Å². The van der Waals surface area contributed by atoms with Crippen molar-refractivity contribution in [1.29, 1.82) is 0 Å². The van der Waals surface area contributed by atoms with Crippen molar-refractivity contribution < 1.29 is 14.3 Å². The maximum absolute atomic E-state index is 12.7. The quantitative estimate of drug-likeness (QED) is 0.877. The van der Waals surface area contributed by atoms with Gasteiger partial charge >= 0.3 is 0 Å². The lowest BCUT2D eigenvalue weighted by molar-refractivity contribution is -0.162. The van der Waals surface area contributed by atoms with Crippen molar-refractivity contribution in [3.63, 3.8) is 0 Å². The molecule has 1 heterocycles. The van der Waals surface area contributed by atoms with E-state index in [-0.39, 0.29) is 18.4 Å². The number of amides is 2. The number of hydrogen-bond acceptors (Lipinski definition) is 3. The predicted octanol–water partition coefficient (Wildman–Crippen LogP) is 2.60. The van der Waals surface area contributed by atoms with Crippen molar-refractivity contribution in [1.82, 2.24) is 10.2 Å². The highest BCUT2D eigenvalue weighted by atomic mass is 35.5. The van der Waals surface area contributed by atoms with Gasteiger partial charge in [-0.05, 0) is 29.7 Å². The summed E-state index contributed by atoms with van der Waals surface area (Å²) in [7, 11) is 1.69. The zero-order valence-corrected chi connectivity index (χ0v) is 15.3. The number of ether oxygens (including phenoxy) is 1. The van der Waals surface area contributed by atoms with E-state index in [1.54, 1.807) is 24.1 Å². The minimum Gasteiger partial charge on any atom is -0.356 e. The van der Waals surface area contributed by atoms with Gasteiger partial charge in [-0.2, -0.15) is 0 Å². The first-order valence-electron chi connectivity index (χ1n) is 8.50. The number of benzene rings is 2. The molecule has 0 unspecified atom stereocenters. The molecular weight excluding hydrogens is 352 g/mol. The SMILES string of the molecule is CN1C(=O)CO[C@H](C(=O)NCCc2ccccc2)[C@@H]1c1ccc(Cl)cc1. The Morgan fingerprint density at radius 3 is 2.58 bits per heavy atom. The van der Waals surface area contributed by atoms with E-state index in [2.05, 4.69) is 5.32 Å². The minimum absolute atomic E-state index is 0.0998. The molecule has 2 aromatic carbocycles. The molecule has 0 aliphatic carbocycles. The number of hydrogen-bond donors (Lipinski definition) is 1. The van der Waals surface area contributed by atoms with Crippen LogP contribution in [0.5, 0.6) is 0 Å². The molecule has 0 bridgehead atoms. The van der Waals surface area contributed by atoms with E-state index >= 15 is 0 Å². The minimum atomic E-state index is -0.755. The van der Waals surface area contributed by atoms with Gasteiger partial charge in [0.15, 0.2) is 6.10 Å². The molecule has 1 N–H and O–H groups in total. The molecule has 1 fully saturated rings. The van der Waals surface area contributed by atoms with E-state index < -0.39 is 12.1 Å². The van der Waals surface area contributed by atoms with Crippen LogP contribution in [0.4, 0.5) is 0 Å². The van der Waals surface area contributed by atoms with Crippen LogP contribution in [0.2, 0.25) is 5.02 Å². The summed E-state index contributed by atoms with van der Waals surface area (Å²) < 4.78 is 5.59. The number of rotatable bonds is 5. The van der Waals surface area contributed by atoms with Gasteiger partial charge in [-0.3, -0.25) is 9.59 Å². The Morgan fingerprint density at radius 2 is 1.88 bits per heavy atom. The van der Waals surface area contributed by atoms with E-state index in [0.29, 0.717) is 11.6 Å². The largest absolute Gasteiger partial charge is 0.356 e. The standard InChI is InChI=1S/C20H21ClN2O3/c1-23-17(24)13-26-19(18(23)15-7-9-16(21)10-8-15)20(25)22-12-11-14-5-3-2-4-6-14/h2-10,18-19H,11-13H2,1H3,(H,22,25)/t18-,19-/m0/s1. The Hall–Kier alpha value is -2.37. The summed E-state index contributed by atoms with van der Waals surface area (Å²) >= 11 is 5.95. The van der Waals surface area contributed by atoms with Crippen LogP contribution in [0.1, 0.15) is 17.2 Å². The molecule has 1 aliphatic heterocycles. The molecule has 6 heteroatoms. The van der Waals surface area contributed by atoms with E-state index in [0.717, 1.165) is 17.5 Å². The van der Waals surface area contributed by atoms with Gasteiger partial charge in [-0.15, -0.1) is 0 Å². The lowest BCUT2D eigenvalue weighted by Crippen LogP contribution is -2.53. The van der Waals surface area contributed by atoms with Crippen LogP contribution in [0.25, 0.3) is 0 Å². The molecule has 3 rings (SSSR count). The van der Waals surface area contributed by atoms with Crippen LogP contribution in [0.15, 0.2) is 54.6 Å². The second-order valence-corrected chi connectivity index (χ2v) is 6.70. The molecule has 0 aromatic heterocycles. The molecule has 0 spiro atoms. The van der Waals surface area contributed by atoms with Crippen molar-refractivity contribution in [3.05, 3.63) is 70.7 Å². The van der Waals surface area contributed by atoms with Gasteiger partial charge in [0.05, 0.1) is 6.04 Å². The Morgan fingerprint density at radius 1 is 1.19 bits per heavy atom. The van der Waals surface area contributed by atoms with Crippen LogP contribution in [-0.4, -0.2) is 43.0 Å². The predicted molar refractivity (Wildman–Crippen MR) is 99.9 cm³/mol. The molecule has 1 aliphatic rings. The summed E-state index contributed by atoms with van der Waals surface area (Å²) in [6.45, 7) is 0.408. The van der Waals surface area contributed by atoms with Crippen LogP contribution < -0.4 is 5.32 Å². The topological polar surface area (TPSA) is 58.6 Å². The first-order chi connectivity index (χ1) is 12.6. The second kappa shape index (κ2) is 8.34. The third-order valence-electron chi connectivity index (χ3n) is 4.51. The first kappa shape index (κ1) is 18.4. The lowest BCUT2D eigenvalue weighted by Gasteiger charge is -2.38. The molecule has 136 valence electrons. The number of carbonyl (C=O) groups excluding carboxylic acids is 2. The molecule has 2 amide bonds. The fraction of sp³-hybridized carbons (Fsp3) is 0.300. The van der Waals surface area contributed by atoms with Crippen LogP contribution in [-0.2, 0) is 20.7 Å². The van der Waals surface area contributed by atoms with Gasteiger partial charge in [0.25, 0.3) is 5.91 Å². The summed E-state index contributed by atoms with van der Waals surface area (Å²) in [5, 5.41) is 3.52. The maximum Gasteiger partial charge on any atom is 0.251 e. The van der Waals surface area contributed by atoms with Crippen LogP contribution >= 0.6 is 11.6 Å². The Bertz CT molecular complexity index is 764. The molecule has 0 saturated carbocycles. The van der Waals surface area contributed by atoms with Gasteiger partial charge in [-0.25, -0.2) is 0 Å². The van der Waals surface area contributed by atoms with E-state index in [9.17, 15) is 9.59 Å². The van der Waals surface area contributed by atoms with Crippen molar-refractivity contribution >= 4 is 23.4 Å². The number of nitrogens with one attached hydrogen (secondary N) is 1. The Labute approximate surface area is 157 Å². The van der Waals surface area contributed by atoms with Gasteiger partial charge in [-0.1, -0.05) is 54.1 Å². The summed E-state index contributed by atoms with van der Waals surface area (Å²) in [5.41, 5.74) is 1.96. The van der Waals surface area contributed by atoms with Gasteiger partial charge in [0, 0.05) is 18.6 Å². The first-order valence-corrected chi connectivity index (χ1v) is 8.88. The van der Waals surface area contributed by atoms with E-state index in [1.807, 2.05) is 42.5 Å². The monoisotopic (exact) mass is 372 g/mol. The highest BCUT2D eigenvalue weighted by molar-refractivity contribution is 6.30. The van der Waals surface area contributed by atoms with E-state index in [4.69, 9.17) is 16.3 Å². The number of carbonyl (C=O) groups is 2. The Kier molecular flexibility index (Phi) is 5.91. The highest BCUT2D eigenvalue weighted by Gasteiger charge is 2.39. The molecule has 0 radical (unpaired) electrons. The number of likely N-dealkylation sites (N-methyl/N-ethyl adjacent to an activating group) is 1. The van der Waals surface area contributed by atoms with E-state index in [1.165, 1.54) is 0 Å². The third kappa shape index (κ3) is 4.23. The second-order valence-electron chi connectivity index (χ2n) is 6.26. The summed E-state index contributed by atoms with van der Waals surface area (Å²) in [6.07, 6.45) is -0.0192. The number of halogens is 1. The lowest BCUT2D eigenvalue weighted by atomic mass is 9.97. The fourth-order valence-electron chi connectivity index (χ4n) is 3.06. The molecule has 26 heavy (non-hydrogen) atoms.